The molecular weight excluding hydrogens is 401 g/mol. The van der Waals surface area contributed by atoms with Crippen molar-refractivity contribution in [3.05, 3.63) is 58.9 Å². The van der Waals surface area contributed by atoms with Gasteiger partial charge in [0.1, 0.15) is 23.2 Å². The highest BCUT2D eigenvalue weighted by molar-refractivity contribution is 6.21. The number of halogens is 2. The van der Waals surface area contributed by atoms with E-state index in [4.69, 9.17) is 37.1 Å². The maximum Gasteiger partial charge on any atom is 0.271 e. The summed E-state index contributed by atoms with van der Waals surface area (Å²) in [5.74, 6) is -0.633. The minimum atomic E-state index is -1.22. The standard InChI is InChI=1S/C20H23ClFN3O4/c1-4-29-18(15-8-7-14(27-2)10-16(15)22)20(26)25(21)11-13-6-5-12(19(23)24)9-17(13)28-3/h5-10,18H,4,11H2,1-3H3,(H3,23,24). The predicted octanol–water partition coefficient (Wildman–Crippen LogP) is 3.39. The number of carbonyl (C=O) groups is 1. The molecule has 0 spiro atoms. The monoisotopic (exact) mass is 423 g/mol. The molecule has 0 heterocycles. The van der Waals surface area contributed by atoms with Gasteiger partial charge >= 0.3 is 0 Å². The highest BCUT2D eigenvalue weighted by Crippen LogP contribution is 2.29. The predicted molar refractivity (Wildman–Crippen MR) is 108 cm³/mol. The van der Waals surface area contributed by atoms with E-state index >= 15 is 0 Å². The Morgan fingerprint density at radius 2 is 1.97 bits per heavy atom. The summed E-state index contributed by atoms with van der Waals surface area (Å²) < 4.78 is 31.2. The number of hydrogen-bond donors (Lipinski definition) is 2. The molecule has 0 saturated heterocycles. The van der Waals surface area contributed by atoms with Crippen LogP contribution in [0, 0.1) is 11.2 Å². The molecule has 0 aliphatic carbocycles. The number of carbonyl (C=O) groups excluding carboxylic acids is 1. The molecule has 2 aromatic rings. The molecule has 3 N–H and O–H groups in total. The minimum Gasteiger partial charge on any atom is -0.497 e. The Kier molecular flexibility index (Phi) is 7.81. The number of nitrogens with two attached hydrogens (primary N) is 1. The first-order valence-corrected chi connectivity index (χ1v) is 9.09. The van der Waals surface area contributed by atoms with Crippen molar-refractivity contribution in [2.75, 3.05) is 20.8 Å². The minimum absolute atomic E-state index is 0.0247. The van der Waals surface area contributed by atoms with Crippen LogP contribution in [0.15, 0.2) is 36.4 Å². The lowest BCUT2D eigenvalue weighted by molar-refractivity contribution is -0.139. The van der Waals surface area contributed by atoms with E-state index in [1.54, 1.807) is 31.2 Å². The molecule has 2 aromatic carbocycles. The van der Waals surface area contributed by atoms with E-state index in [1.165, 1.54) is 26.4 Å². The van der Waals surface area contributed by atoms with Gasteiger partial charge in [-0.25, -0.2) is 8.81 Å². The van der Waals surface area contributed by atoms with Crippen molar-refractivity contribution >= 4 is 23.5 Å². The van der Waals surface area contributed by atoms with Crippen molar-refractivity contribution in [2.24, 2.45) is 5.73 Å². The van der Waals surface area contributed by atoms with Crippen LogP contribution in [-0.4, -0.2) is 37.0 Å². The van der Waals surface area contributed by atoms with Gasteiger partial charge < -0.3 is 19.9 Å². The van der Waals surface area contributed by atoms with E-state index in [0.717, 1.165) is 4.42 Å². The first kappa shape index (κ1) is 22.4. The number of rotatable bonds is 9. The van der Waals surface area contributed by atoms with Crippen LogP contribution < -0.4 is 15.2 Å². The molecule has 1 unspecified atom stereocenters. The third kappa shape index (κ3) is 5.36. The highest BCUT2D eigenvalue weighted by atomic mass is 35.5. The van der Waals surface area contributed by atoms with Crippen LogP contribution in [0.2, 0.25) is 0 Å². The van der Waals surface area contributed by atoms with Crippen LogP contribution >= 0.6 is 11.8 Å². The van der Waals surface area contributed by atoms with E-state index < -0.39 is 17.8 Å². The van der Waals surface area contributed by atoms with Crippen molar-refractivity contribution in [3.8, 4) is 11.5 Å². The first-order chi connectivity index (χ1) is 13.8. The number of amidine groups is 1. The lowest BCUT2D eigenvalue weighted by Gasteiger charge is -2.23. The number of hydrogen-bond acceptors (Lipinski definition) is 5. The van der Waals surface area contributed by atoms with Gasteiger partial charge in [-0.1, -0.05) is 12.1 Å². The summed E-state index contributed by atoms with van der Waals surface area (Å²) in [6.07, 6.45) is -1.22. The van der Waals surface area contributed by atoms with Gasteiger partial charge in [-0.15, -0.1) is 0 Å². The second kappa shape index (κ2) is 10.1. The molecule has 0 bridgehead atoms. The van der Waals surface area contributed by atoms with Crippen LogP contribution in [0.5, 0.6) is 11.5 Å². The summed E-state index contributed by atoms with van der Waals surface area (Å²) in [6.45, 7) is 1.86. The summed E-state index contributed by atoms with van der Waals surface area (Å²) in [7, 11) is 2.88. The normalized spacial score (nSPS) is 11.6. The molecule has 29 heavy (non-hydrogen) atoms. The van der Waals surface area contributed by atoms with Gasteiger partial charge in [0.05, 0.1) is 20.8 Å². The number of nitrogens with one attached hydrogen (secondary N) is 1. The molecule has 0 radical (unpaired) electrons. The lowest BCUT2D eigenvalue weighted by Crippen LogP contribution is -2.30. The Hall–Kier alpha value is -2.84. The smallest absolute Gasteiger partial charge is 0.271 e. The summed E-state index contributed by atoms with van der Waals surface area (Å²) in [4.78, 5) is 12.9. The number of nitrogens with zero attached hydrogens (tertiary/aromatic N) is 1. The highest BCUT2D eigenvalue weighted by Gasteiger charge is 2.29. The fourth-order valence-electron chi connectivity index (χ4n) is 2.71. The Balaban J connectivity index is 2.27. The maximum atomic E-state index is 14.5. The van der Waals surface area contributed by atoms with Gasteiger partial charge in [0.25, 0.3) is 5.91 Å². The van der Waals surface area contributed by atoms with E-state index in [1.807, 2.05) is 0 Å². The fraction of sp³-hybridized carbons (Fsp3) is 0.300. The average Bonchev–Trinajstić information content (AvgIpc) is 2.71. The fourth-order valence-corrected chi connectivity index (χ4v) is 2.92. The molecule has 9 heteroatoms. The largest absolute Gasteiger partial charge is 0.497 e. The summed E-state index contributed by atoms with van der Waals surface area (Å²) >= 11 is 6.22. The Morgan fingerprint density at radius 3 is 2.52 bits per heavy atom. The van der Waals surface area contributed by atoms with E-state index in [-0.39, 0.29) is 24.6 Å². The van der Waals surface area contributed by atoms with E-state index in [0.29, 0.717) is 22.6 Å². The van der Waals surface area contributed by atoms with Crippen molar-refractivity contribution in [1.29, 1.82) is 5.41 Å². The maximum absolute atomic E-state index is 14.5. The number of methoxy groups -OCH3 is 2. The number of benzene rings is 2. The second-order valence-electron chi connectivity index (χ2n) is 6.02. The molecule has 2 rings (SSSR count). The van der Waals surface area contributed by atoms with Gasteiger partial charge in [-0.05, 0) is 25.1 Å². The van der Waals surface area contributed by atoms with Crippen molar-refractivity contribution in [2.45, 2.75) is 19.6 Å². The Labute approximate surface area is 173 Å². The van der Waals surface area contributed by atoms with Gasteiger partial charge in [0.2, 0.25) is 0 Å². The zero-order chi connectivity index (χ0) is 21.6. The van der Waals surface area contributed by atoms with Crippen LogP contribution in [-0.2, 0) is 16.1 Å². The average molecular weight is 424 g/mol. The SMILES string of the molecule is CCOC(C(=O)N(Cl)Cc1ccc(C(=N)N)cc1OC)c1ccc(OC)cc1F. The molecule has 0 aromatic heterocycles. The summed E-state index contributed by atoms with van der Waals surface area (Å²) in [5.41, 5.74) is 6.61. The Bertz CT molecular complexity index is 894. The van der Waals surface area contributed by atoms with Crippen LogP contribution in [0.25, 0.3) is 0 Å². The van der Waals surface area contributed by atoms with Crippen molar-refractivity contribution in [3.63, 3.8) is 0 Å². The molecule has 1 amide bonds. The molecule has 0 aliphatic heterocycles. The molecule has 0 fully saturated rings. The van der Waals surface area contributed by atoms with Gasteiger partial charge in [-0.2, -0.15) is 0 Å². The van der Waals surface area contributed by atoms with Crippen LogP contribution in [0.1, 0.15) is 29.7 Å². The summed E-state index contributed by atoms with van der Waals surface area (Å²) in [5, 5.41) is 7.50. The topological polar surface area (TPSA) is 97.9 Å². The third-order valence-electron chi connectivity index (χ3n) is 4.19. The first-order valence-electron chi connectivity index (χ1n) is 8.75. The zero-order valence-electron chi connectivity index (χ0n) is 16.4. The van der Waals surface area contributed by atoms with Gasteiger partial charge in [0.15, 0.2) is 6.10 Å². The quantitative estimate of drug-likeness (QED) is 0.366. The van der Waals surface area contributed by atoms with Crippen LogP contribution in [0.4, 0.5) is 4.39 Å². The molecule has 0 aliphatic rings. The zero-order valence-corrected chi connectivity index (χ0v) is 17.1. The molecule has 7 nitrogen and oxygen atoms in total. The molecule has 0 saturated carbocycles. The van der Waals surface area contributed by atoms with E-state index in [9.17, 15) is 9.18 Å². The second-order valence-corrected chi connectivity index (χ2v) is 6.43. The third-order valence-corrected chi connectivity index (χ3v) is 4.48. The molecular formula is C20H23ClFN3O4. The van der Waals surface area contributed by atoms with Crippen molar-refractivity contribution in [1.82, 2.24) is 4.42 Å². The molecule has 1 atom stereocenters. The van der Waals surface area contributed by atoms with Gasteiger partial charge in [0, 0.05) is 41.1 Å². The number of amides is 1. The molecule has 156 valence electrons. The summed E-state index contributed by atoms with van der Waals surface area (Å²) in [6, 6.07) is 9.01. The van der Waals surface area contributed by atoms with Crippen molar-refractivity contribution < 1.29 is 23.4 Å². The van der Waals surface area contributed by atoms with Gasteiger partial charge in [-0.3, -0.25) is 10.2 Å². The van der Waals surface area contributed by atoms with Crippen LogP contribution in [0.3, 0.4) is 0 Å². The number of nitrogen functional groups attached to an aromatic ring is 1. The van der Waals surface area contributed by atoms with E-state index in [2.05, 4.69) is 0 Å². The number of ether oxygens (including phenoxy) is 3. The lowest BCUT2D eigenvalue weighted by atomic mass is 10.1. The Morgan fingerprint density at radius 1 is 1.24 bits per heavy atom.